The Morgan fingerprint density at radius 1 is 1.21 bits per heavy atom. The fourth-order valence-corrected chi connectivity index (χ4v) is 3.22. The number of rotatable bonds is 3. The van der Waals surface area contributed by atoms with Crippen LogP contribution >= 0.6 is 15.9 Å². The molecule has 5 nitrogen and oxygen atoms in total. The van der Waals surface area contributed by atoms with Crippen molar-refractivity contribution in [2.75, 3.05) is 5.32 Å². The number of phenolic OH excluding ortho intramolecular Hbond substituents is 1. The van der Waals surface area contributed by atoms with Gasteiger partial charge in [0.05, 0.1) is 6.04 Å². The predicted molar refractivity (Wildman–Crippen MR) is 97.8 cm³/mol. The quantitative estimate of drug-likeness (QED) is 0.649. The highest BCUT2D eigenvalue weighted by Crippen LogP contribution is 2.33. The first kappa shape index (κ1) is 17.0. The molecule has 1 heterocycles. The average molecular weight is 390 g/mol. The van der Waals surface area contributed by atoms with E-state index < -0.39 is 0 Å². The van der Waals surface area contributed by atoms with Gasteiger partial charge in [-0.25, -0.2) is 10.9 Å². The van der Waals surface area contributed by atoms with Gasteiger partial charge in [0.1, 0.15) is 11.8 Å². The zero-order chi connectivity index (χ0) is 17.3. The van der Waals surface area contributed by atoms with Crippen LogP contribution in [0.15, 0.2) is 40.9 Å². The lowest BCUT2D eigenvalue weighted by atomic mass is 9.96. The molecule has 3 rings (SSSR count). The van der Waals surface area contributed by atoms with Crippen LogP contribution in [0.1, 0.15) is 29.2 Å². The van der Waals surface area contributed by atoms with Crippen LogP contribution in [0.3, 0.4) is 0 Å². The van der Waals surface area contributed by atoms with Gasteiger partial charge in [0, 0.05) is 15.7 Å². The standard InChI is InChI=1S/C18H20BrN3O2/c1-10-7-11(2)17(23)14(8-10)15-9-16(22-21-15)18(24)20-13-5-3-12(19)4-6-13/h3-8,15-16,21-23H,9H2,1-2H3,(H,20,24). The molecule has 2 aromatic carbocycles. The Bertz CT molecular complexity index is 762. The monoisotopic (exact) mass is 389 g/mol. The molecule has 0 spiro atoms. The number of phenols is 1. The van der Waals surface area contributed by atoms with E-state index in [0.717, 1.165) is 26.9 Å². The second-order valence-corrected chi connectivity index (χ2v) is 7.06. The molecule has 2 unspecified atom stereocenters. The van der Waals surface area contributed by atoms with E-state index in [1.807, 2.05) is 50.2 Å². The first-order valence-electron chi connectivity index (χ1n) is 7.81. The van der Waals surface area contributed by atoms with Gasteiger partial charge in [-0.15, -0.1) is 0 Å². The molecule has 126 valence electrons. The summed E-state index contributed by atoms with van der Waals surface area (Å²) in [5.74, 6) is 0.185. The molecule has 2 atom stereocenters. The first-order chi connectivity index (χ1) is 11.4. The summed E-state index contributed by atoms with van der Waals surface area (Å²) in [4.78, 5) is 12.4. The summed E-state index contributed by atoms with van der Waals surface area (Å²) in [5, 5.41) is 13.2. The van der Waals surface area contributed by atoms with Gasteiger partial charge in [-0.05, 0) is 50.1 Å². The summed E-state index contributed by atoms with van der Waals surface area (Å²) >= 11 is 3.37. The number of hydrazine groups is 1. The molecule has 1 amide bonds. The topological polar surface area (TPSA) is 73.4 Å². The highest BCUT2D eigenvalue weighted by Gasteiger charge is 2.31. The van der Waals surface area contributed by atoms with Crippen LogP contribution in [0.25, 0.3) is 0 Å². The number of anilines is 1. The van der Waals surface area contributed by atoms with E-state index in [2.05, 4.69) is 32.1 Å². The van der Waals surface area contributed by atoms with Gasteiger partial charge in [0.2, 0.25) is 5.91 Å². The van der Waals surface area contributed by atoms with Gasteiger partial charge in [-0.1, -0.05) is 33.6 Å². The maximum absolute atomic E-state index is 12.4. The molecule has 24 heavy (non-hydrogen) atoms. The fourth-order valence-electron chi connectivity index (χ4n) is 2.95. The van der Waals surface area contributed by atoms with E-state index in [4.69, 9.17) is 0 Å². The van der Waals surface area contributed by atoms with Crippen LogP contribution < -0.4 is 16.2 Å². The van der Waals surface area contributed by atoms with Crippen molar-refractivity contribution in [3.63, 3.8) is 0 Å². The zero-order valence-electron chi connectivity index (χ0n) is 13.6. The van der Waals surface area contributed by atoms with Crippen molar-refractivity contribution in [2.24, 2.45) is 0 Å². The smallest absolute Gasteiger partial charge is 0.242 e. The maximum Gasteiger partial charge on any atom is 0.242 e. The molecule has 1 aliphatic rings. The van der Waals surface area contributed by atoms with Gasteiger partial charge in [-0.2, -0.15) is 0 Å². The average Bonchev–Trinajstić information content (AvgIpc) is 3.03. The van der Waals surface area contributed by atoms with Crippen molar-refractivity contribution in [1.82, 2.24) is 10.9 Å². The molecular weight excluding hydrogens is 370 g/mol. The number of halogens is 1. The summed E-state index contributed by atoms with van der Waals surface area (Å²) < 4.78 is 0.964. The van der Waals surface area contributed by atoms with Crippen LogP contribution in [-0.4, -0.2) is 17.1 Å². The molecule has 2 aromatic rings. The lowest BCUT2D eigenvalue weighted by molar-refractivity contribution is -0.117. The fraction of sp³-hybridized carbons (Fsp3) is 0.278. The van der Waals surface area contributed by atoms with Gasteiger partial charge in [0.15, 0.2) is 0 Å². The van der Waals surface area contributed by atoms with Crippen LogP contribution in [0, 0.1) is 13.8 Å². The van der Waals surface area contributed by atoms with Crippen molar-refractivity contribution in [2.45, 2.75) is 32.4 Å². The Labute approximate surface area is 149 Å². The summed E-state index contributed by atoms with van der Waals surface area (Å²) in [6, 6.07) is 10.9. The second-order valence-electron chi connectivity index (χ2n) is 6.15. The zero-order valence-corrected chi connectivity index (χ0v) is 15.1. The molecule has 0 bridgehead atoms. The van der Waals surface area contributed by atoms with Crippen LogP contribution in [-0.2, 0) is 4.79 Å². The van der Waals surface area contributed by atoms with Crippen molar-refractivity contribution >= 4 is 27.5 Å². The molecule has 1 aliphatic heterocycles. The minimum Gasteiger partial charge on any atom is -0.507 e. The van der Waals surface area contributed by atoms with Crippen LogP contribution in [0.4, 0.5) is 5.69 Å². The molecule has 1 saturated heterocycles. The van der Waals surface area contributed by atoms with Gasteiger partial charge in [-0.3, -0.25) is 4.79 Å². The summed E-state index contributed by atoms with van der Waals surface area (Å²) in [7, 11) is 0. The molecule has 0 aliphatic carbocycles. The van der Waals surface area contributed by atoms with Gasteiger partial charge in [0.25, 0.3) is 0 Å². The van der Waals surface area contributed by atoms with E-state index in [1.54, 1.807) is 0 Å². The maximum atomic E-state index is 12.4. The van der Waals surface area contributed by atoms with E-state index in [0.29, 0.717) is 6.42 Å². The Balaban J connectivity index is 1.69. The lowest BCUT2D eigenvalue weighted by Crippen LogP contribution is -2.39. The van der Waals surface area contributed by atoms with Crippen molar-refractivity contribution in [3.05, 3.63) is 57.6 Å². The largest absolute Gasteiger partial charge is 0.507 e. The van der Waals surface area contributed by atoms with E-state index in [1.165, 1.54) is 0 Å². The molecule has 1 fully saturated rings. The summed E-state index contributed by atoms with van der Waals surface area (Å²) in [6.45, 7) is 3.88. The Hall–Kier alpha value is -1.89. The third-order valence-electron chi connectivity index (χ3n) is 4.18. The van der Waals surface area contributed by atoms with Gasteiger partial charge >= 0.3 is 0 Å². The molecule has 0 aromatic heterocycles. The minimum absolute atomic E-state index is 0.101. The molecule has 0 saturated carbocycles. The summed E-state index contributed by atoms with van der Waals surface area (Å²) in [6.07, 6.45) is 0.568. The van der Waals surface area contributed by atoms with E-state index >= 15 is 0 Å². The lowest BCUT2D eigenvalue weighted by Gasteiger charge is -2.14. The Kier molecular flexibility index (Phi) is 4.89. The SMILES string of the molecule is Cc1cc(C)c(O)c(C2CC(C(=O)Nc3ccc(Br)cc3)NN2)c1. The van der Waals surface area contributed by atoms with Crippen molar-refractivity contribution in [1.29, 1.82) is 0 Å². The number of aryl methyl sites for hydroxylation is 2. The number of nitrogens with one attached hydrogen (secondary N) is 3. The van der Waals surface area contributed by atoms with Crippen LogP contribution in [0.5, 0.6) is 5.75 Å². The number of benzene rings is 2. The molecular formula is C18H20BrN3O2. The number of aromatic hydroxyl groups is 1. The first-order valence-corrected chi connectivity index (χ1v) is 8.61. The summed E-state index contributed by atoms with van der Waals surface area (Å²) in [5.41, 5.74) is 9.64. The van der Waals surface area contributed by atoms with E-state index in [9.17, 15) is 9.90 Å². The third-order valence-corrected chi connectivity index (χ3v) is 4.71. The van der Waals surface area contributed by atoms with Crippen molar-refractivity contribution < 1.29 is 9.90 Å². The second kappa shape index (κ2) is 6.93. The Morgan fingerprint density at radius 2 is 1.92 bits per heavy atom. The predicted octanol–water partition coefficient (Wildman–Crippen LogP) is 3.32. The highest BCUT2D eigenvalue weighted by atomic mass is 79.9. The van der Waals surface area contributed by atoms with Crippen LogP contribution in [0.2, 0.25) is 0 Å². The highest BCUT2D eigenvalue weighted by molar-refractivity contribution is 9.10. The number of hydrogen-bond acceptors (Lipinski definition) is 4. The molecule has 0 radical (unpaired) electrons. The molecule has 6 heteroatoms. The normalized spacial score (nSPS) is 20.1. The third kappa shape index (κ3) is 3.61. The van der Waals surface area contributed by atoms with Crippen molar-refractivity contribution in [3.8, 4) is 5.75 Å². The minimum atomic E-state index is -0.362. The van der Waals surface area contributed by atoms with Gasteiger partial charge < -0.3 is 10.4 Å². The molecule has 4 N–H and O–H groups in total. The number of carbonyl (C=O) groups excluding carboxylic acids is 1. The number of hydrogen-bond donors (Lipinski definition) is 4. The number of carbonyl (C=O) groups is 1. The Morgan fingerprint density at radius 3 is 2.62 bits per heavy atom. The van der Waals surface area contributed by atoms with E-state index in [-0.39, 0.29) is 23.7 Å². The number of amides is 1.